The molecule has 0 saturated carbocycles. The van der Waals surface area contributed by atoms with Gasteiger partial charge in [0.15, 0.2) is 11.9 Å². The number of nitrogens with two attached hydrogens (primary N) is 1. The Morgan fingerprint density at radius 2 is 2.21 bits per heavy atom. The zero-order valence-electron chi connectivity index (χ0n) is 10.6. The van der Waals surface area contributed by atoms with Crippen LogP contribution < -0.4 is 15.8 Å². The molecule has 3 N–H and O–H groups in total. The normalized spacial score (nSPS) is 17.6. The Labute approximate surface area is 109 Å². The van der Waals surface area contributed by atoms with Gasteiger partial charge in [-0.1, -0.05) is 0 Å². The molecular weight excluding hydrogens is 246 g/mol. The maximum Gasteiger partial charge on any atom is 0.292 e. The lowest BCUT2D eigenvalue weighted by Crippen LogP contribution is -2.34. The maximum absolute atomic E-state index is 11.6. The lowest BCUT2D eigenvalue weighted by molar-refractivity contribution is -0.122. The number of anilines is 2. The van der Waals surface area contributed by atoms with Gasteiger partial charge in [0.05, 0.1) is 11.4 Å². The second-order valence-electron chi connectivity index (χ2n) is 4.43. The van der Waals surface area contributed by atoms with Crippen LogP contribution in [0.3, 0.4) is 0 Å². The topological polar surface area (TPSA) is 90.4 Å². The van der Waals surface area contributed by atoms with Gasteiger partial charge in [0.1, 0.15) is 5.75 Å². The average molecular weight is 259 g/mol. The van der Waals surface area contributed by atoms with E-state index in [0.717, 1.165) is 5.56 Å². The highest BCUT2D eigenvalue weighted by Crippen LogP contribution is 2.35. The predicted molar refractivity (Wildman–Crippen MR) is 69.8 cm³/mol. The van der Waals surface area contributed by atoms with Gasteiger partial charge < -0.3 is 20.2 Å². The summed E-state index contributed by atoms with van der Waals surface area (Å²) in [5.74, 6) is 1.06. The summed E-state index contributed by atoms with van der Waals surface area (Å²) in [5.41, 5.74) is 7.64. The summed E-state index contributed by atoms with van der Waals surface area (Å²) >= 11 is 0. The van der Waals surface area contributed by atoms with E-state index >= 15 is 0 Å². The fourth-order valence-corrected chi connectivity index (χ4v) is 2.04. The summed E-state index contributed by atoms with van der Waals surface area (Å²) in [7, 11) is 0. The molecule has 1 aliphatic heterocycles. The quantitative estimate of drug-likeness (QED) is 0.816. The number of aryl methyl sites for hydroxylation is 1. The van der Waals surface area contributed by atoms with Crippen LogP contribution in [0.1, 0.15) is 12.6 Å². The van der Waals surface area contributed by atoms with E-state index in [1.807, 2.05) is 13.0 Å². The zero-order chi connectivity index (χ0) is 13.6. The van der Waals surface area contributed by atoms with Crippen molar-refractivity contribution >= 4 is 17.6 Å². The minimum Gasteiger partial charge on any atom is -0.479 e. The number of hydrogen-bond donors (Lipinski definition) is 2. The molecule has 1 aromatic carbocycles. The number of carbonyl (C=O) groups excluding carboxylic acids is 1. The summed E-state index contributed by atoms with van der Waals surface area (Å²) in [6, 6.07) is 5.54. The van der Waals surface area contributed by atoms with E-state index in [9.17, 15) is 4.79 Å². The fourth-order valence-electron chi connectivity index (χ4n) is 2.04. The van der Waals surface area contributed by atoms with Crippen LogP contribution in [0.15, 0.2) is 22.6 Å². The number of rotatable bonds is 1. The molecule has 0 aliphatic carbocycles. The third-order valence-corrected chi connectivity index (χ3v) is 2.99. The van der Waals surface area contributed by atoms with Gasteiger partial charge in [0, 0.05) is 5.56 Å². The molecule has 3 rings (SSSR count). The highest BCUT2D eigenvalue weighted by molar-refractivity contribution is 5.98. The first-order chi connectivity index (χ1) is 9.04. The van der Waals surface area contributed by atoms with Crippen LogP contribution in [0, 0.1) is 6.92 Å². The van der Waals surface area contributed by atoms with E-state index in [2.05, 4.69) is 10.3 Å². The zero-order valence-corrected chi connectivity index (χ0v) is 10.6. The van der Waals surface area contributed by atoms with E-state index in [1.165, 1.54) is 0 Å². The first-order valence-corrected chi connectivity index (χ1v) is 5.89. The number of amides is 1. The maximum atomic E-state index is 11.6. The average Bonchev–Trinajstić information content (AvgIpc) is 2.69. The van der Waals surface area contributed by atoms with Crippen molar-refractivity contribution in [2.45, 2.75) is 20.0 Å². The molecule has 1 amide bonds. The number of aromatic nitrogens is 1. The molecule has 1 atom stereocenters. The Morgan fingerprint density at radius 1 is 1.42 bits per heavy atom. The fraction of sp³-hybridized carbons (Fsp3) is 0.231. The lowest BCUT2D eigenvalue weighted by Gasteiger charge is -2.23. The number of oxazole rings is 1. The highest BCUT2D eigenvalue weighted by atomic mass is 16.5. The largest absolute Gasteiger partial charge is 0.479 e. The second kappa shape index (κ2) is 4.01. The third kappa shape index (κ3) is 1.91. The number of nitrogens with one attached hydrogen (secondary N) is 1. The molecule has 0 radical (unpaired) electrons. The van der Waals surface area contributed by atoms with Crippen LogP contribution in [0.2, 0.25) is 0 Å². The third-order valence-electron chi connectivity index (χ3n) is 2.99. The molecule has 2 heterocycles. The minimum atomic E-state index is -0.485. The number of benzene rings is 1. The van der Waals surface area contributed by atoms with E-state index in [1.54, 1.807) is 19.1 Å². The Balaban J connectivity index is 2.05. The molecule has 1 aromatic heterocycles. The van der Waals surface area contributed by atoms with Crippen LogP contribution in [-0.2, 0) is 4.79 Å². The van der Waals surface area contributed by atoms with Crippen LogP contribution in [0.5, 0.6) is 5.75 Å². The van der Waals surface area contributed by atoms with E-state index < -0.39 is 6.10 Å². The number of fused-ring (bicyclic) bond motifs is 1. The smallest absolute Gasteiger partial charge is 0.292 e. The van der Waals surface area contributed by atoms with Crippen LogP contribution in [0.25, 0.3) is 11.3 Å². The summed E-state index contributed by atoms with van der Waals surface area (Å²) in [5, 5.41) is 2.79. The second-order valence-corrected chi connectivity index (χ2v) is 4.43. The van der Waals surface area contributed by atoms with Gasteiger partial charge in [-0.25, -0.2) is 0 Å². The van der Waals surface area contributed by atoms with Crippen LogP contribution in [-0.4, -0.2) is 17.0 Å². The molecule has 0 spiro atoms. The standard InChI is InChI=1S/C13H13N3O3/c1-6-11(19-13(14)15-6)8-3-4-10-9(5-8)16-12(17)7(2)18-10/h3-5,7H,1-2H3,(H2,14,15)(H,16,17). The molecule has 6 nitrogen and oxygen atoms in total. The van der Waals surface area contributed by atoms with Crippen molar-refractivity contribution in [1.29, 1.82) is 0 Å². The molecule has 2 aromatic rings. The van der Waals surface area contributed by atoms with Gasteiger partial charge in [0.2, 0.25) is 0 Å². The van der Waals surface area contributed by atoms with Crippen molar-refractivity contribution in [3.8, 4) is 17.1 Å². The SMILES string of the molecule is Cc1nc(N)oc1-c1ccc2c(c1)NC(=O)C(C)O2. The molecule has 0 bridgehead atoms. The van der Waals surface area contributed by atoms with Crippen LogP contribution >= 0.6 is 0 Å². The molecule has 0 fully saturated rings. The highest BCUT2D eigenvalue weighted by Gasteiger charge is 2.24. The number of carbonyl (C=O) groups is 1. The summed E-state index contributed by atoms with van der Waals surface area (Å²) in [4.78, 5) is 15.6. The molecule has 1 unspecified atom stereocenters. The van der Waals surface area contributed by atoms with E-state index in [0.29, 0.717) is 22.9 Å². The first kappa shape index (κ1) is 11.6. The molecule has 98 valence electrons. The van der Waals surface area contributed by atoms with Gasteiger partial charge in [-0.05, 0) is 32.0 Å². The van der Waals surface area contributed by atoms with E-state index in [4.69, 9.17) is 14.9 Å². The van der Waals surface area contributed by atoms with Gasteiger partial charge >= 0.3 is 0 Å². The van der Waals surface area contributed by atoms with E-state index in [-0.39, 0.29) is 11.9 Å². The Hall–Kier alpha value is -2.50. The Bertz CT molecular complexity index is 663. The number of ether oxygens (including phenoxy) is 1. The number of hydrogen-bond acceptors (Lipinski definition) is 5. The minimum absolute atomic E-state index is 0.124. The monoisotopic (exact) mass is 259 g/mol. The van der Waals surface area contributed by atoms with Gasteiger partial charge in [0.25, 0.3) is 11.9 Å². The molecule has 19 heavy (non-hydrogen) atoms. The summed E-state index contributed by atoms with van der Waals surface area (Å²) in [6.07, 6.45) is -0.485. The van der Waals surface area contributed by atoms with Gasteiger partial charge in [-0.2, -0.15) is 4.98 Å². The molecule has 0 saturated heterocycles. The molecule has 1 aliphatic rings. The summed E-state index contributed by atoms with van der Waals surface area (Å²) < 4.78 is 10.8. The first-order valence-electron chi connectivity index (χ1n) is 5.89. The predicted octanol–water partition coefficient (Wildman–Crippen LogP) is 1.95. The lowest BCUT2D eigenvalue weighted by atomic mass is 10.1. The van der Waals surface area contributed by atoms with Crippen molar-refractivity contribution < 1.29 is 13.9 Å². The number of nitrogen functional groups attached to an aromatic ring is 1. The Morgan fingerprint density at radius 3 is 2.89 bits per heavy atom. The number of nitrogens with zero attached hydrogens (tertiary/aromatic N) is 1. The van der Waals surface area contributed by atoms with Crippen molar-refractivity contribution in [2.24, 2.45) is 0 Å². The van der Waals surface area contributed by atoms with Gasteiger partial charge in [-0.15, -0.1) is 0 Å². The molecule has 6 heteroatoms. The van der Waals surface area contributed by atoms with Crippen LogP contribution in [0.4, 0.5) is 11.7 Å². The van der Waals surface area contributed by atoms with Crippen molar-refractivity contribution in [3.05, 3.63) is 23.9 Å². The van der Waals surface area contributed by atoms with Crippen molar-refractivity contribution in [1.82, 2.24) is 4.98 Å². The van der Waals surface area contributed by atoms with Gasteiger partial charge in [-0.3, -0.25) is 4.79 Å². The molecular formula is C13H13N3O3. The Kier molecular flexibility index (Phi) is 2.45. The van der Waals surface area contributed by atoms with Crippen molar-refractivity contribution in [3.63, 3.8) is 0 Å². The summed E-state index contributed by atoms with van der Waals surface area (Å²) in [6.45, 7) is 3.51. The van der Waals surface area contributed by atoms with Crippen molar-refractivity contribution in [2.75, 3.05) is 11.1 Å².